The van der Waals surface area contributed by atoms with Crippen LogP contribution in [0.4, 0.5) is 17.2 Å². The van der Waals surface area contributed by atoms with Crippen molar-refractivity contribution in [3.05, 3.63) is 88.8 Å². The summed E-state index contributed by atoms with van der Waals surface area (Å²) in [6.07, 6.45) is 6.68. The van der Waals surface area contributed by atoms with Gasteiger partial charge >= 0.3 is 0 Å². The van der Waals surface area contributed by atoms with Gasteiger partial charge in [-0.05, 0) is 65.1 Å². The second-order valence-corrected chi connectivity index (χ2v) is 7.14. The molecule has 0 saturated carbocycles. The molecule has 0 fully saturated rings. The minimum atomic E-state index is -0.139. The van der Waals surface area contributed by atoms with E-state index in [-0.39, 0.29) is 5.91 Å². The normalized spacial score (nSPS) is 10.5. The molecule has 2 N–H and O–H groups in total. The molecule has 1 amide bonds. The maximum atomic E-state index is 12.3. The van der Waals surface area contributed by atoms with E-state index in [0.29, 0.717) is 11.4 Å². The lowest BCUT2D eigenvalue weighted by Crippen LogP contribution is -2.11. The first-order chi connectivity index (χ1) is 13.7. The highest BCUT2D eigenvalue weighted by Crippen LogP contribution is 2.19. The quantitative estimate of drug-likeness (QED) is 0.416. The molecule has 0 saturated heterocycles. The Kier molecular flexibility index (Phi) is 5.29. The number of halogens is 1. The minimum Gasteiger partial charge on any atom is -0.340 e. The largest absolute Gasteiger partial charge is 0.340 e. The third-order valence-corrected chi connectivity index (χ3v) is 4.59. The molecule has 28 heavy (non-hydrogen) atoms. The van der Waals surface area contributed by atoms with Gasteiger partial charge in [-0.3, -0.25) is 9.36 Å². The Bertz CT molecular complexity index is 1100. The standard InChI is InChI=1S/C20H15IN6O/c21-15-3-1-2-14(10-15)20(28)26-17-6-4-16(5-7-17)25-18-11-19(24-12-23-18)27-9-8-22-13-27/h1-13H,(H,26,28)(H,23,24,25). The van der Waals surface area contributed by atoms with Crippen LogP contribution in [0.15, 0.2) is 79.6 Å². The number of imidazole rings is 1. The fourth-order valence-corrected chi connectivity index (χ4v) is 3.11. The van der Waals surface area contributed by atoms with Gasteiger partial charge in [-0.15, -0.1) is 0 Å². The molecule has 138 valence electrons. The van der Waals surface area contributed by atoms with E-state index < -0.39 is 0 Å². The highest BCUT2D eigenvalue weighted by molar-refractivity contribution is 14.1. The molecule has 0 bridgehead atoms. The maximum absolute atomic E-state index is 12.3. The van der Waals surface area contributed by atoms with E-state index in [2.05, 4.69) is 48.2 Å². The van der Waals surface area contributed by atoms with Crippen LogP contribution < -0.4 is 10.6 Å². The van der Waals surface area contributed by atoms with E-state index in [1.54, 1.807) is 23.2 Å². The number of rotatable bonds is 5. The molecule has 0 aliphatic rings. The van der Waals surface area contributed by atoms with Crippen molar-refractivity contribution in [2.75, 3.05) is 10.6 Å². The number of amides is 1. The summed E-state index contributed by atoms with van der Waals surface area (Å²) < 4.78 is 2.82. The van der Waals surface area contributed by atoms with Crippen LogP contribution in [-0.4, -0.2) is 25.4 Å². The molecule has 4 rings (SSSR count). The molecule has 0 atom stereocenters. The van der Waals surface area contributed by atoms with Gasteiger partial charge in [0, 0.05) is 39.0 Å². The van der Waals surface area contributed by atoms with Crippen molar-refractivity contribution in [2.24, 2.45) is 0 Å². The van der Waals surface area contributed by atoms with Crippen molar-refractivity contribution >= 4 is 45.7 Å². The molecule has 2 aromatic carbocycles. The number of carbonyl (C=O) groups is 1. The van der Waals surface area contributed by atoms with Crippen LogP contribution in [0, 0.1) is 3.57 Å². The number of nitrogens with zero attached hydrogens (tertiary/aromatic N) is 4. The van der Waals surface area contributed by atoms with Crippen molar-refractivity contribution in [3.63, 3.8) is 0 Å². The van der Waals surface area contributed by atoms with Crippen LogP contribution in [-0.2, 0) is 0 Å². The van der Waals surface area contributed by atoms with Gasteiger partial charge in [0.1, 0.15) is 24.3 Å². The molecule has 4 aromatic rings. The molecule has 2 heterocycles. The molecule has 0 spiro atoms. The van der Waals surface area contributed by atoms with Gasteiger partial charge in [0.2, 0.25) is 0 Å². The number of aromatic nitrogens is 4. The van der Waals surface area contributed by atoms with Crippen LogP contribution >= 0.6 is 22.6 Å². The summed E-state index contributed by atoms with van der Waals surface area (Å²) in [6, 6.07) is 16.7. The molecule has 7 nitrogen and oxygen atoms in total. The van der Waals surface area contributed by atoms with Crippen LogP contribution in [0.2, 0.25) is 0 Å². The van der Waals surface area contributed by atoms with Gasteiger partial charge < -0.3 is 10.6 Å². The van der Waals surface area contributed by atoms with Crippen LogP contribution in [0.3, 0.4) is 0 Å². The number of carbonyl (C=O) groups excluding carboxylic acids is 1. The highest BCUT2D eigenvalue weighted by atomic mass is 127. The molecule has 0 aliphatic carbocycles. The van der Waals surface area contributed by atoms with Gasteiger partial charge in [0.15, 0.2) is 0 Å². The topological polar surface area (TPSA) is 84.7 Å². The number of hydrogen-bond donors (Lipinski definition) is 2. The van der Waals surface area contributed by atoms with E-state index in [1.807, 2.05) is 54.7 Å². The highest BCUT2D eigenvalue weighted by Gasteiger charge is 2.07. The zero-order chi connectivity index (χ0) is 19.3. The molecule has 2 aromatic heterocycles. The molecular weight excluding hydrogens is 467 g/mol. The van der Waals surface area contributed by atoms with E-state index >= 15 is 0 Å². The van der Waals surface area contributed by atoms with Gasteiger partial charge in [-0.2, -0.15) is 0 Å². The Morgan fingerprint density at radius 2 is 1.82 bits per heavy atom. The second kappa shape index (κ2) is 8.17. The predicted octanol–water partition coefficient (Wildman–Crippen LogP) is 4.26. The smallest absolute Gasteiger partial charge is 0.255 e. The summed E-state index contributed by atoms with van der Waals surface area (Å²) >= 11 is 2.19. The number of benzene rings is 2. The zero-order valence-corrected chi connectivity index (χ0v) is 16.7. The fraction of sp³-hybridized carbons (Fsp3) is 0. The van der Waals surface area contributed by atoms with Crippen molar-refractivity contribution in [3.8, 4) is 5.82 Å². The number of nitrogens with one attached hydrogen (secondary N) is 2. The molecule has 0 aliphatic heterocycles. The first kappa shape index (κ1) is 18.1. The third kappa shape index (κ3) is 4.34. The SMILES string of the molecule is O=C(Nc1ccc(Nc2cc(-n3ccnc3)ncn2)cc1)c1cccc(I)c1. The van der Waals surface area contributed by atoms with Crippen LogP contribution in [0.1, 0.15) is 10.4 Å². The van der Waals surface area contributed by atoms with Gasteiger partial charge in [0.05, 0.1) is 0 Å². The first-order valence-corrected chi connectivity index (χ1v) is 9.50. The summed E-state index contributed by atoms with van der Waals surface area (Å²) in [7, 11) is 0. The Balaban J connectivity index is 1.44. The Morgan fingerprint density at radius 3 is 2.57 bits per heavy atom. The predicted molar refractivity (Wildman–Crippen MR) is 116 cm³/mol. The second-order valence-electron chi connectivity index (χ2n) is 5.90. The van der Waals surface area contributed by atoms with Crippen LogP contribution in [0.25, 0.3) is 5.82 Å². The van der Waals surface area contributed by atoms with Crippen molar-refractivity contribution in [1.82, 2.24) is 19.5 Å². The van der Waals surface area contributed by atoms with Gasteiger partial charge in [0.25, 0.3) is 5.91 Å². The first-order valence-electron chi connectivity index (χ1n) is 8.42. The molecular formula is C20H15IN6O. The monoisotopic (exact) mass is 482 g/mol. The lowest BCUT2D eigenvalue weighted by atomic mass is 10.2. The van der Waals surface area contributed by atoms with E-state index in [1.165, 1.54) is 6.33 Å². The van der Waals surface area contributed by atoms with E-state index in [9.17, 15) is 4.79 Å². The summed E-state index contributed by atoms with van der Waals surface area (Å²) in [5.74, 6) is 1.24. The zero-order valence-electron chi connectivity index (χ0n) is 14.6. The van der Waals surface area contributed by atoms with E-state index in [4.69, 9.17) is 0 Å². The Morgan fingerprint density at radius 1 is 1.00 bits per heavy atom. The minimum absolute atomic E-state index is 0.139. The maximum Gasteiger partial charge on any atom is 0.255 e. The van der Waals surface area contributed by atoms with Crippen molar-refractivity contribution in [2.45, 2.75) is 0 Å². The Labute approximate surface area is 175 Å². The number of anilines is 3. The summed E-state index contributed by atoms with van der Waals surface area (Å²) in [5.41, 5.74) is 2.20. The third-order valence-electron chi connectivity index (χ3n) is 3.92. The summed E-state index contributed by atoms with van der Waals surface area (Å²) in [5, 5.41) is 6.13. The molecule has 0 unspecified atom stereocenters. The van der Waals surface area contributed by atoms with Gasteiger partial charge in [-0.1, -0.05) is 6.07 Å². The molecule has 0 radical (unpaired) electrons. The van der Waals surface area contributed by atoms with Gasteiger partial charge in [-0.25, -0.2) is 15.0 Å². The average molecular weight is 482 g/mol. The lowest BCUT2D eigenvalue weighted by molar-refractivity contribution is 0.102. The summed E-state index contributed by atoms with van der Waals surface area (Å²) in [6.45, 7) is 0. The fourth-order valence-electron chi connectivity index (χ4n) is 2.57. The van der Waals surface area contributed by atoms with E-state index in [0.717, 1.165) is 20.8 Å². The summed E-state index contributed by atoms with van der Waals surface area (Å²) in [4.78, 5) is 24.8. The van der Waals surface area contributed by atoms with Crippen molar-refractivity contribution < 1.29 is 4.79 Å². The lowest BCUT2D eigenvalue weighted by Gasteiger charge is -2.09. The number of hydrogen-bond acceptors (Lipinski definition) is 5. The van der Waals surface area contributed by atoms with Crippen molar-refractivity contribution in [1.29, 1.82) is 0 Å². The molecule has 8 heteroatoms. The van der Waals surface area contributed by atoms with Crippen LogP contribution in [0.5, 0.6) is 0 Å². The average Bonchev–Trinajstić information content (AvgIpc) is 3.25. The Hall–Kier alpha value is -3.27.